The monoisotopic (exact) mass is 437 g/mol. The van der Waals surface area contributed by atoms with Gasteiger partial charge in [0, 0.05) is 18.5 Å². The highest BCUT2D eigenvalue weighted by atomic mass is 35.5. The SMILES string of the molecule is C[NH+](C)CCCNC(=O)c1ccccc1NC(=O)c1ccc(-c2ccccc2)cc1.[Cl-]. The van der Waals surface area contributed by atoms with Gasteiger partial charge in [-0.25, -0.2) is 0 Å². The molecule has 0 saturated carbocycles. The normalized spacial score (nSPS) is 10.3. The van der Waals surface area contributed by atoms with E-state index in [1.807, 2.05) is 42.5 Å². The molecule has 3 aromatic rings. The summed E-state index contributed by atoms with van der Waals surface area (Å²) in [5.41, 5.74) is 3.65. The number of halogens is 1. The summed E-state index contributed by atoms with van der Waals surface area (Å²) in [4.78, 5) is 26.6. The van der Waals surface area contributed by atoms with Crippen LogP contribution in [0.25, 0.3) is 11.1 Å². The van der Waals surface area contributed by atoms with Crippen molar-refractivity contribution in [1.29, 1.82) is 0 Å². The van der Waals surface area contributed by atoms with Gasteiger partial charge in [-0.1, -0.05) is 54.6 Å². The Morgan fingerprint density at radius 3 is 2.06 bits per heavy atom. The van der Waals surface area contributed by atoms with Gasteiger partial charge < -0.3 is 27.9 Å². The number of carbonyl (C=O) groups excluding carboxylic acids is 2. The molecule has 3 N–H and O–H groups in total. The molecule has 6 heteroatoms. The van der Waals surface area contributed by atoms with Crippen LogP contribution in [0.2, 0.25) is 0 Å². The van der Waals surface area contributed by atoms with Crippen molar-refractivity contribution < 1.29 is 26.9 Å². The molecule has 3 rings (SSSR count). The molecular weight excluding hydrogens is 410 g/mol. The zero-order valence-corrected chi connectivity index (χ0v) is 18.6. The van der Waals surface area contributed by atoms with Gasteiger partial charge in [-0.3, -0.25) is 9.59 Å². The smallest absolute Gasteiger partial charge is 0.255 e. The Balaban J connectivity index is 0.00000341. The molecule has 0 bridgehead atoms. The van der Waals surface area contributed by atoms with E-state index in [-0.39, 0.29) is 24.2 Å². The number of para-hydroxylation sites is 1. The summed E-state index contributed by atoms with van der Waals surface area (Å²) in [6.07, 6.45) is 0.899. The third kappa shape index (κ3) is 6.95. The largest absolute Gasteiger partial charge is 1.00 e. The zero-order chi connectivity index (χ0) is 21.3. The molecule has 0 aliphatic rings. The summed E-state index contributed by atoms with van der Waals surface area (Å²) in [7, 11) is 4.16. The van der Waals surface area contributed by atoms with Crippen molar-refractivity contribution >= 4 is 17.5 Å². The molecule has 0 aliphatic heterocycles. The molecule has 2 amide bonds. The lowest BCUT2D eigenvalue weighted by Gasteiger charge is -2.12. The lowest BCUT2D eigenvalue weighted by Crippen LogP contribution is -3.05. The number of quaternary nitrogens is 1. The molecule has 0 aromatic heterocycles. The van der Waals surface area contributed by atoms with Crippen LogP contribution in [-0.4, -0.2) is 39.0 Å². The number of nitrogens with one attached hydrogen (secondary N) is 3. The molecule has 0 fully saturated rings. The van der Waals surface area contributed by atoms with Gasteiger partial charge in [0.25, 0.3) is 11.8 Å². The molecule has 0 heterocycles. The molecular formula is C25H28ClN3O2. The molecule has 31 heavy (non-hydrogen) atoms. The first kappa shape index (κ1) is 24.1. The van der Waals surface area contributed by atoms with Gasteiger partial charge >= 0.3 is 0 Å². The maximum Gasteiger partial charge on any atom is 0.255 e. The minimum Gasteiger partial charge on any atom is -1.00 e. The number of benzene rings is 3. The highest BCUT2D eigenvalue weighted by Crippen LogP contribution is 2.21. The van der Waals surface area contributed by atoms with E-state index in [1.54, 1.807) is 36.4 Å². The van der Waals surface area contributed by atoms with E-state index in [1.165, 1.54) is 4.90 Å². The van der Waals surface area contributed by atoms with Crippen molar-refractivity contribution in [3.63, 3.8) is 0 Å². The Hall–Kier alpha value is -3.15. The molecule has 0 saturated heterocycles. The van der Waals surface area contributed by atoms with Crippen molar-refractivity contribution in [3.05, 3.63) is 90.0 Å². The van der Waals surface area contributed by atoms with Crippen LogP contribution < -0.4 is 27.9 Å². The number of hydrogen-bond acceptors (Lipinski definition) is 2. The molecule has 0 atom stereocenters. The maximum absolute atomic E-state index is 12.7. The van der Waals surface area contributed by atoms with Crippen molar-refractivity contribution in [1.82, 2.24) is 5.32 Å². The van der Waals surface area contributed by atoms with Crippen molar-refractivity contribution in [2.24, 2.45) is 0 Å². The maximum atomic E-state index is 12.7. The summed E-state index contributed by atoms with van der Waals surface area (Å²) in [5.74, 6) is -0.426. The van der Waals surface area contributed by atoms with E-state index in [2.05, 4.69) is 24.7 Å². The van der Waals surface area contributed by atoms with Crippen molar-refractivity contribution in [2.75, 3.05) is 32.5 Å². The minimum atomic E-state index is -0.244. The predicted molar refractivity (Wildman–Crippen MR) is 121 cm³/mol. The molecule has 0 unspecified atom stereocenters. The first-order valence-corrected chi connectivity index (χ1v) is 10.2. The van der Waals surface area contributed by atoms with E-state index < -0.39 is 0 Å². The second kappa shape index (κ2) is 11.9. The fourth-order valence-electron chi connectivity index (χ4n) is 3.17. The Kier molecular flexibility index (Phi) is 9.25. The van der Waals surface area contributed by atoms with Gasteiger partial charge in [0.2, 0.25) is 0 Å². The van der Waals surface area contributed by atoms with Crippen LogP contribution in [0.3, 0.4) is 0 Å². The summed E-state index contributed by atoms with van der Waals surface area (Å²) >= 11 is 0. The van der Waals surface area contributed by atoms with Gasteiger partial charge in [0.1, 0.15) is 0 Å². The van der Waals surface area contributed by atoms with Crippen LogP contribution in [0.4, 0.5) is 5.69 Å². The first-order valence-electron chi connectivity index (χ1n) is 10.2. The van der Waals surface area contributed by atoms with Crippen molar-refractivity contribution in [2.45, 2.75) is 6.42 Å². The first-order chi connectivity index (χ1) is 14.5. The van der Waals surface area contributed by atoms with Gasteiger partial charge in [0.15, 0.2) is 0 Å². The van der Waals surface area contributed by atoms with Crippen LogP contribution in [0.1, 0.15) is 27.1 Å². The highest BCUT2D eigenvalue weighted by Gasteiger charge is 2.14. The molecule has 5 nitrogen and oxygen atoms in total. The third-order valence-corrected chi connectivity index (χ3v) is 4.81. The predicted octanol–water partition coefficient (Wildman–Crippen LogP) is -0.126. The van der Waals surface area contributed by atoms with E-state index in [0.29, 0.717) is 23.4 Å². The summed E-state index contributed by atoms with van der Waals surface area (Å²) in [6, 6.07) is 24.5. The third-order valence-electron chi connectivity index (χ3n) is 4.81. The van der Waals surface area contributed by atoms with Crippen LogP contribution in [-0.2, 0) is 0 Å². The summed E-state index contributed by atoms with van der Waals surface area (Å²) in [5, 5.41) is 5.80. The molecule has 0 radical (unpaired) electrons. The second-order valence-electron chi connectivity index (χ2n) is 7.51. The average Bonchev–Trinajstić information content (AvgIpc) is 2.77. The summed E-state index contributed by atoms with van der Waals surface area (Å²) in [6.45, 7) is 1.59. The Morgan fingerprint density at radius 2 is 1.39 bits per heavy atom. The number of anilines is 1. The van der Waals surface area contributed by atoms with Crippen LogP contribution in [0, 0.1) is 0 Å². The van der Waals surface area contributed by atoms with E-state index in [4.69, 9.17) is 0 Å². The molecule has 0 spiro atoms. The second-order valence-corrected chi connectivity index (χ2v) is 7.51. The highest BCUT2D eigenvalue weighted by molar-refractivity contribution is 6.09. The van der Waals surface area contributed by atoms with E-state index in [9.17, 15) is 9.59 Å². The zero-order valence-electron chi connectivity index (χ0n) is 17.8. The van der Waals surface area contributed by atoms with E-state index in [0.717, 1.165) is 24.1 Å². The molecule has 162 valence electrons. The quantitative estimate of drug-likeness (QED) is 0.430. The van der Waals surface area contributed by atoms with Crippen molar-refractivity contribution in [3.8, 4) is 11.1 Å². The number of hydrogen-bond donors (Lipinski definition) is 3. The number of amides is 2. The fraction of sp³-hybridized carbons (Fsp3) is 0.200. The van der Waals surface area contributed by atoms with E-state index >= 15 is 0 Å². The Bertz CT molecular complexity index is 989. The fourth-order valence-corrected chi connectivity index (χ4v) is 3.17. The molecule has 3 aromatic carbocycles. The summed E-state index contributed by atoms with van der Waals surface area (Å²) < 4.78 is 0. The van der Waals surface area contributed by atoms with Gasteiger partial charge in [-0.05, 0) is 35.4 Å². The van der Waals surface area contributed by atoms with Crippen LogP contribution in [0.5, 0.6) is 0 Å². The van der Waals surface area contributed by atoms with Gasteiger partial charge in [-0.15, -0.1) is 0 Å². The molecule has 0 aliphatic carbocycles. The lowest BCUT2D eigenvalue weighted by molar-refractivity contribution is -0.858. The Labute approximate surface area is 189 Å². The van der Waals surface area contributed by atoms with Gasteiger partial charge in [0.05, 0.1) is 31.9 Å². The van der Waals surface area contributed by atoms with Gasteiger partial charge in [-0.2, -0.15) is 0 Å². The average molecular weight is 438 g/mol. The van der Waals surface area contributed by atoms with Crippen LogP contribution >= 0.6 is 0 Å². The lowest BCUT2D eigenvalue weighted by atomic mass is 10.0. The van der Waals surface area contributed by atoms with Crippen LogP contribution in [0.15, 0.2) is 78.9 Å². The standard InChI is InChI=1S/C25H27N3O2.ClH/c1-28(2)18-8-17-26-25(30)22-11-6-7-12-23(22)27-24(29)21-15-13-20(14-16-21)19-9-4-3-5-10-19;/h3-7,9-16H,8,17-18H2,1-2H3,(H,26,30)(H,27,29);1H. The topological polar surface area (TPSA) is 62.6 Å². The number of carbonyl (C=O) groups is 2. The number of rotatable bonds is 8. The minimum absolute atomic E-state index is 0. The Morgan fingerprint density at radius 1 is 0.774 bits per heavy atom.